The van der Waals surface area contributed by atoms with E-state index in [-0.39, 0.29) is 31.8 Å². The van der Waals surface area contributed by atoms with Gasteiger partial charge in [-0.2, -0.15) is 13.2 Å². The van der Waals surface area contributed by atoms with Gasteiger partial charge in [-0.15, -0.1) is 0 Å². The average Bonchev–Trinajstić information content (AvgIpc) is 3.28. The van der Waals surface area contributed by atoms with Crippen LogP contribution in [0.25, 0.3) is 0 Å². The number of carbonyl (C=O) groups is 2. The molecule has 1 unspecified atom stereocenters. The monoisotopic (exact) mass is 530 g/mol. The van der Waals surface area contributed by atoms with Crippen LogP contribution in [-0.2, 0) is 21.6 Å². The van der Waals surface area contributed by atoms with Gasteiger partial charge in [0, 0.05) is 63.2 Å². The van der Waals surface area contributed by atoms with Crippen LogP contribution in [0.5, 0.6) is 0 Å². The molecule has 0 radical (unpaired) electrons. The molecule has 2 aromatic rings. The molecule has 2 saturated heterocycles. The van der Waals surface area contributed by atoms with Crippen molar-refractivity contribution < 1.29 is 41.4 Å². The van der Waals surface area contributed by atoms with Gasteiger partial charge in [-0.3, -0.25) is 9.78 Å². The first-order valence-electron chi connectivity index (χ1n) is 11.3. The number of aliphatic carboxylic acids is 1. The fraction of sp³-hybridized carbons (Fsp3) is 0.545. The molecule has 3 aliphatic heterocycles. The lowest BCUT2D eigenvalue weighted by atomic mass is 9.80. The Balaban J connectivity index is 0.000000405. The highest BCUT2D eigenvalue weighted by Gasteiger charge is 2.47. The first-order chi connectivity index (χ1) is 17.4. The van der Waals surface area contributed by atoms with Crippen LogP contribution in [0.15, 0.2) is 24.8 Å². The number of piperidine rings is 1. The van der Waals surface area contributed by atoms with Crippen LogP contribution in [0.2, 0.25) is 0 Å². The van der Waals surface area contributed by atoms with Crippen molar-refractivity contribution in [3.63, 3.8) is 0 Å². The van der Waals surface area contributed by atoms with E-state index in [1.165, 1.54) is 18.6 Å². The molecular weight excluding hydrogens is 507 g/mol. The lowest BCUT2D eigenvalue weighted by Crippen LogP contribution is -2.43. The van der Waals surface area contributed by atoms with E-state index in [9.17, 15) is 26.7 Å². The van der Waals surface area contributed by atoms with E-state index in [1.54, 1.807) is 11.1 Å². The van der Waals surface area contributed by atoms with Crippen molar-refractivity contribution in [3.8, 4) is 0 Å². The van der Waals surface area contributed by atoms with Gasteiger partial charge in [-0.25, -0.2) is 28.5 Å². The van der Waals surface area contributed by atoms with Crippen LogP contribution in [0.4, 0.5) is 27.9 Å². The number of likely N-dealkylation sites (tertiary alicyclic amines) is 1. The number of carbonyl (C=O) groups excluding carboxylic acids is 1. The largest absolute Gasteiger partial charge is 0.490 e. The number of hydrogen-bond donors (Lipinski definition) is 1. The molecule has 0 saturated carbocycles. The Kier molecular flexibility index (Phi) is 7.26. The number of carboxylic acid groups (broad SMARTS) is 1. The number of rotatable bonds is 2. The number of aromatic nitrogens is 4. The zero-order valence-corrected chi connectivity index (χ0v) is 19.4. The highest BCUT2D eigenvalue weighted by atomic mass is 19.4. The van der Waals surface area contributed by atoms with Crippen LogP contribution < -0.4 is 4.90 Å². The summed E-state index contributed by atoms with van der Waals surface area (Å²) in [5, 5.41) is 7.12. The molecule has 0 aliphatic carbocycles. The van der Waals surface area contributed by atoms with Gasteiger partial charge in [-0.1, -0.05) is 0 Å². The van der Waals surface area contributed by atoms with Crippen molar-refractivity contribution in [2.24, 2.45) is 0 Å². The Morgan fingerprint density at radius 3 is 2.35 bits per heavy atom. The summed E-state index contributed by atoms with van der Waals surface area (Å²) in [6.45, 7) is 2.35. The summed E-state index contributed by atoms with van der Waals surface area (Å²) in [6, 6.07) is 0. The minimum atomic E-state index is -5.08. The normalized spacial score (nSPS) is 22.7. The Hall–Kier alpha value is -3.49. The van der Waals surface area contributed by atoms with Crippen molar-refractivity contribution >= 4 is 17.8 Å². The molecule has 1 spiro atoms. The van der Waals surface area contributed by atoms with Crippen molar-refractivity contribution in [3.05, 3.63) is 41.7 Å². The number of ether oxygens (including phenoxy) is 1. The molecule has 37 heavy (non-hydrogen) atoms. The molecule has 3 aliphatic rings. The second kappa shape index (κ2) is 10.1. The third-order valence-electron chi connectivity index (χ3n) is 6.43. The van der Waals surface area contributed by atoms with Crippen molar-refractivity contribution in [2.75, 3.05) is 37.7 Å². The Morgan fingerprint density at radius 1 is 1.03 bits per heavy atom. The molecule has 5 heterocycles. The fourth-order valence-electron chi connectivity index (χ4n) is 4.50. The second-order valence-electron chi connectivity index (χ2n) is 9.03. The second-order valence-corrected chi connectivity index (χ2v) is 9.03. The van der Waals surface area contributed by atoms with E-state index in [1.807, 2.05) is 4.90 Å². The van der Waals surface area contributed by atoms with E-state index in [0.717, 1.165) is 11.3 Å². The first-order valence-corrected chi connectivity index (χ1v) is 11.3. The van der Waals surface area contributed by atoms with Crippen molar-refractivity contribution in [2.45, 2.75) is 43.4 Å². The van der Waals surface area contributed by atoms with E-state index in [2.05, 4.69) is 15.0 Å². The predicted molar refractivity (Wildman–Crippen MR) is 116 cm³/mol. The SMILES string of the molecule is O=C(O)C(F)(F)F.O=C(c1cnccn1)N1CCC2(COCc3cnc(N4CCC(F)(F)CC4)nc32)C1. The molecule has 2 aromatic heterocycles. The number of fused-ring (bicyclic) bond motifs is 2. The Morgan fingerprint density at radius 2 is 1.73 bits per heavy atom. The minimum absolute atomic E-state index is 0.167. The third-order valence-corrected chi connectivity index (χ3v) is 6.43. The topological polar surface area (TPSA) is 122 Å². The summed E-state index contributed by atoms with van der Waals surface area (Å²) < 4.78 is 64.6. The summed E-state index contributed by atoms with van der Waals surface area (Å²) in [4.78, 5) is 42.6. The quantitative estimate of drug-likeness (QED) is 0.584. The Bertz CT molecular complexity index is 1140. The number of nitrogens with zero attached hydrogens (tertiary/aromatic N) is 6. The number of alkyl halides is 5. The molecule has 0 aromatic carbocycles. The maximum absolute atomic E-state index is 13.5. The molecule has 1 N–H and O–H groups in total. The third kappa shape index (κ3) is 5.92. The first kappa shape index (κ1) is 26.6. The van der Waals surface area contributed by atoms with E-state index >= 15 is 0 Å². The summed E-state index contributed by atoms with van der Waals surface area (Å²) in [5.41, 5.74) is 1.64. The lowest BCUT2D eigenvalue weighted by molar-refractivity contribution is -0.192. The Labute approximate surface area is 207 Å². The highest BCUT2D eigenvalue weighted by Crippen LogP contribution is 2.40. The van der Waals surface area contributed by atoms with Crippen molar-refractivity contribution in [1.82, 2.24) is 24.8 Å². The molecule has 5 rings (SSSR count). The van der Waals surface area contributed by atoms with Gasteiger partial charge < -0.3 is 19.6 Å². The number of halogens is 5. The zero-order valence-electron chi connectivity index (χ0n) is 19.4. The summed E-state index contributed by atoms with van der Waals surface area (Å²) >= 11 is 0. The summed E-state index contributed by atoms with van der Waals surface area (Å²) in [7, 11) is 0. The van der Waals surface area contributed by atoms with E-state index in [0.29, 0.717) is 44.4 Å². The molecule has 10 nitrogen and oxygen atoms in total. The smallest absolute Gasteiger partial charge is 0.475 e. The van der Waals surface area contributed by atoms with Crippen LogP contribution in [-0.4, -0.2) is 86.7 Å². The van der Waals surface area contributed by atoms with Crippen LogP contribution >= 0.6 is 0 Å². The van der Waals surface area contributed by atoms with Gasteiger partial charge in [-0.05, 0) is 6.42 Å². The maximum atomic E-state index is 13.5. The van der Waals surface area contributed by atoms with Crippen LogP contribution in [0, 0.1) is 0 Å². The molecule has 2 fully saturated rings. The summed E-state index contributed by atoms with van der Waals surface area (Å²) in [5.74, 6) is -5.07. The standard InChI is InChI=1S/C20H22F2N6O2.C2HF3O2/c21-20(22)2-7-27(8-3-20)18-25-9-14-11-30-13-19(16(14)26-18)1-6-28(12-19)17(29)15-10-23-4-5-24-15;3-2(4,5)1(6)7/h4-5,9-10H,1-3,6-8,11-13H2;(H,6,7). The molecule has 15 heteroatoms. The van der Waals surface area contributed by atoms with Gasteiger partial charge in [0.15, 0.2) is 0 Å². The minimum Gasteiger partial charge on any atom is -0.475 e. The fourth-order valence-corrected chi connectivity index (χ4v) is 4.50. The van der Waals surface area contributed by atoms with Crippen LogP contribution in [0.3, 0.4) is 0 Å². The van der Waals surface area contributed by atoms with Crippen molar-refractivity contribution in [1.29, 1.82) is 0 Å². The summed E-state index contributed by atoms with van der Waals surface area (Å²) in [6.07, 6.45) is 1.47. The number of hydrogen-bond acceptors (Lipinski definition) is 8. The highest BCUT2D eigenvalue weighted by molar-refractivity contribution is 5.92. The molecule has 0 bridgehead atoms. The zero-order chi connectivity index (χ0) is 26.8. The number of amides is 1. The average molecular weight is 530 g/mol. The molecule has 200 valence electrons. The van der Waals surface area contributed by atoms with Gasteiger partial charge >= 0.3 is 12.1 Å². The molecular formula is C22H23F5N6O4. The van der Waals surface area contributed by atoms with Gasteiger partial charge in [0.2, 0.25) is 5.95 Å². The van der Waals surface area contributed by atoms with E-state index < -0.39 is 23.5 Å². The molecule has 1 amide bonds. The lowest BCUT2D eigenvalue weighted by Gasteiger charge is -2.36. The van der Waals surface area contributed by atoms with Crippen LogP contribution in [0.1, 0.15) is 41.0 Å². The van der Waals surface area contributed by atoms with Gasteiger partial charge in [0.05, 0.1) is 30.5 Å². The number of anilines is 1. The molecule has 1 atom stereocenters. The van der Waals surface area contributed by atoms with E-state index in [4.69, 9.17) is 19.6 Å². The number of carboxylic acids is 1. The van der Waals surface area contributed by atoms with Gasteiger partial charge in [0.25, 0.3) is 11.8 Å². The maximum Gasteiger partial charge on any atom is 0.490 e. The predicted octanol–water partition coefficient (Wildman–Crippen LogP) is 2.45. The van der Waals surface area contributed by atoms with Gasteiger partial charge in [0.1, 0.15) is 5.69 Å².